The summed E-state index contributed by atoms with van der Waals surface area (Å²) in [7, 11) is 0. The number of hydrogen-bond acceptors (Lipinski definition) is 8. The van der Waals surface area contributed by atoms with Crippen LogP contribution < -0.4 is 22.1 Å². The van der Waals surface area contributed by atoms with E-state index < -0.39 is 54.5 Å². The van der Waals surface area contributed by atoms with E-state index in [1.165, 1.54) is 17.0 Å². The highest BCUT2D eigenvalue weighted by atomic mass is 16.4. The molecule has 0 spiro atoms. The molecule has 12 nitrogen and oxygen atoms in total. The van der Waals surface area contributed by atoms with E-state index in [-0.39, 0.29) is 25.1 Å². The minimum Gasteiger partial charge on any atom is -0.508 e. The molecule has 9 N–H and O–H groups in total. The van der Waals surface area contributed by atoms with Gasteiger partial charge in [-0.2, -0.15) is 0 Å². The van der Waals surface area contributed by atoms with Gasteiger partial charge in [-0.3, -0.25) is 14.4 Å². The number of carbonyl (C=O) groups excluding carboxylic acids is 3. The molecule has 1 heterocycles. The molecule has 0 aromatic heterocycles. The number of carbonyl (C=O) groups is 4. The lowest BCUT2D eigenvalue weighted by molar-refractivity contribution is -0.145. The van der Waals surface area contributed by atoms with Gasteiger partial charge in [-0.15, -0.1) is 0 Å². The molecule has 1 saturated heterocycles. The number of benzene rings is 1. The zero-order chi connectivity index (χ0) is 26.0. The molecule has 12 heteroatoms. The van der Waals surface area contributed by atoms with Crippen LogP contribution in [0.25, 0.3) is 0 Å². The number of nitrogens with two attached hydrogens (primary N) is 2. The summed E-state index contributed by atoms with van der Waals surface area (Å²) in [6, 6.07) is 1.73. The smallest absolute Gasteiger partial charge is 0.326 e. The fraction of sp³-hybridized carbons (Fsp3) is 0.565. The number of nitrogens with one attached hydrogen (secondary N) is 2. The van der Waals surface area contributed by atoms with E-state index >= 15 is 0 Å². The van der Waals surface area contributed by atoms with E-state index in [0.717, 1.165) is 0 Å². The van der Waals surface area contributed by atoms with E-state index in [2.05, 4.69) is 10.6 Å². The Bertz CT molecular complexity index is 880. The molecule has 0 bridgehead atoms. The number of nitrogens with zero attached hydrogens (tertiary/aromatic N) is 1. The van der Waals surface area contributed by atoms with E-state index in [1.54, 1.807) is 12.1 Å². The minimum absolute atomic E-state index is 0.00115. The number of aromatic hydroxyl groups is 1. The van der Waals surface area contributed by atoms with Crippen molar-refractivity contribution in [1.82, 2.24) is 15.5 Å². The van der Waals surface area contributed by atoms with Gasteiger partial charge in [0.1, 0.15) is 29.9 Å². The molecule has 1 aliphatic heterocycles. The Labute approximate surface area is 203 Å². The Hall–Kier alpha value is -3.22. The third kappa shape index (κ3) is 8.19. The van der Waals surface area contributed by atoms with Gasteiger partial charge in [0.25, 0.3) is 0 Å². The SMILES string of the molecule is NCCCCC(NC(=O)C(N)CO)C(=O)N1CCCC1C(=O)NC(Cc1ccc(O)cc1)C(=O)O. The molecular weight excluding hydrogens is 458 g/mol. The van der Waals surface area contributed by atoms with Crippen molar-refractivity contribution in [3.63, 3.8) is 0 Å². The number of carboxylic acid groups (broad SMARTS) is 1. The van der Waals surface area contributed by atoms with Gasteiger partial charge >= 0.3 is 5.97 Å². The fourth-order valence-corrected chi connectivity index (χ4v) is 3.95. The molecule has 0 saturated carbocycles. The van der Waals surface area contributed by atoms with Gasteiger partial charge in [-0.05, 0) is 56.3 Å². The van der Waals surface area contributed by atoms with Crippen molar-refractivity contribution in [3.05, 3.63) is 29.8 Å². The van der Waals surface area contributed by atoms with Crippen molar-refractivity contribution in [3.8, 4) is 5.75 Å². The number of carboxylic acids is 1. The van der Waals surface area contributed by atoms with Gasteiger partial charge in [0, 0.05) is 13.0 Å². The third-order valence-corrected chi connectivity index (χ3v) is 5.92. The Morgan fingerprint density at radius 3 is 2.37 bits per heavy atom. The number of aliphatic carboxylic acids is 1. The Kier molecular flexibility index (Phi) is 10.9. The van der Waals surface area contributed by atoms with Crippen LogP contribution in [0.2, 0.25) is 0 Å². The Morgan fingerprint density at radius 1 is 1.09 bits per heavy atom. The first kappa shape index (κ1) is 28.0. The zero-order valence-corrected chi connectivity index (χ0v) is 19.6. The van der Waals surface area contributed by atoms with Gasteiger partial charge in [-0.1, -0.05) is 12.1 Å². The number of phenols is 1. The summed E-state index contributed by atoms with van der Waals surface area (Å²) < 4.78 is 0. The van der Waals surface area contributed by atoms with Gasteiger partial charge in [-0.25, -0.2) is 4.79 Å². The van der Waals surface area contributed by atoms with Crippen molar-refractivity contribution in [1.29, 1.82) is 0 Å². The van der Waals surface area contributed by atoms with Crippen LogP contribution in [-0.2, 0) is 25.6 Å². The van der Waals surface area contributed by atoms with Crippen molar-refractivity contribution >= 4 is 23.7 Å². The highest BCUT2D eigenvalue weighted by molar-refractivity contribution is 5.94. The van der Waals surface area contributed by atoms with E-state index in [9.17, 15) is 29.4 Å². The predicted molar refractivity (Wildman–Crippen MR) is 126 cm³/mol. The first-order valence-electron chi connectivity index (χ1n) is 11.7. The standard InChI is InChI=1S/C23H35N5O7/c24-10-2-1-4-17(26-20(31)16(25)13-29)22(33)28-11-3-5-19(28)21(32)27-18(23(34)35)12-14-6-8-15(30)9-7-14/h6-9,16-19,29-30H,1-5,10-13,24-25H2,(H,26,31)(H,27,32)(H,34,35). The summed E-state index contributed by atoms with van der Waals surface area (Å²) >= 11 is 0. The quantitative estimate of drug-likeness (QED) is 0.158. The largest absolute Gasteiger partial charge is 0.508 e. The number of rotatable bonds is 13. The number of phenolic OH excluding ortho intramolecular Hbond substituents is 1. The van der Waals surface area contributed by atoms with Crippen molar-refractivity contribution in [2.24, 2.45) is 11.5 Å². The summed E-state index contributed by atoms with van der Waals surface area (Å²) in [6.07, 6.45) is 2.36. The maximum Gasteiger partial charge on any atom is 0.326 e. The van der Waals surface area contributed by atoms with E-state index in [0.29, 0.717) is 37.8 Å². The van der Waals surface area contributed by atoms with Crippen molar-refractivity contribution < 1.29 is 34.5 Å². The second kappa shape index (κ2) is 13.6. The summed E-state index contributed by atoms with van der Waals surface area (Å²) in [5, 5.41) is 33.2. The van der Waals surface area contributed by atoms with Crippen LogP contribution >= 0.6 is 0 Å². The molecule has 35 heavy (non-hydrogen) atoms. The van der Waals surface area contributed by atoms with Crippen LogP contribution in [-0.4, -0.2) is 87.8 Å². The topological polar surface area (TPSA) is 208 Å². The zero-order valence-electron chi connectivity index (χ0n) is 19.6. The normalized spacial score (nSPS) is 17.9. The highest BCUT2D eigenvalue weighted by Crippen LogP contribution is 2.21. The van der Waals surface area contributed by atoms with Crippen molar-refractivity contribution in [2.45, 2.75) is 62.7 Å². The third-order valence-electron chi connectivity index (χ3n) is 5.92. The van der Waals surface area contributed by atoms with Crippen LogP contribution in [0.1, 0.15) is 37.7 Å². The van der Waals surface area contributed by atoms with E-state index in [1.807, 2.05) is 0 Å². The van der Waals surface area contributed by atoms with Gasteiger partial charge in [0.15, 0.2) is 0 Å². The molecule has 1 aromatic rings. The number of amides is 3. The molecule has 0 radical (unpaired) electrons. The molecule has 4 unspecified atom stereocenters. The average Bonchev–Trinajstić information content (AvgIpc) is 3.33. The molecule has 1 aliphatic rings. The molecule has 4 atom stereocenters. The first-order chi connectivity index (χ1) is 16.7. The molecule has 1 fully saturated rings. The maximum absolute atomic E-state index is 13.3. The van der Waals surface area contributed by atoms with Gasteiger partial charge in [0.2, 0.25) is 17.7 Å². The molecule has 0 aliphatic carbocycles. The monoisotopic (exact) mass is 493 g/mol. The second-order valence-electron chi connectivity index (χ2n) is 8.59. The van der Waals surface area contributed by atoms with Crippen molar-refractivity contribution in [2.75, 3.05) is 19.7 Å². The molecule has 2 rings (SSSR count). The summed E-state index contributed by atoms with van der Waals surface area (Å²) in [5.41, 5.74) is 11.7. The second-order valence-corrected chi connectivity index (χ2v) is 8.59. The van der Waals surface area contributed by atoms with Crippen LogP contribution in [0.5, 0.6) is 5.75 Å². The number of aliphatic hydroxyl groups is 1. The van der Waals surface area contributed by atoms with Crippen LogP contribution in [0.15, 0.2) is 24.3 Å². The number of unbranched alkanes of at least 4 members (excludes halogenated alkanes) is 1. The van der Waals surface area contributed by atoms with E-state index in [4.69, 9.17) is 16.6 Å². The average molecular weight is 494 g/mol. The highest BCUT2D eigenvalue weighted by Gasteiger charge is 2.39. The summed E-state index contributed by atoms with van der Waals surface area (Å²) in [6.45, 7) is 0.112. The number of likely N-dealkylation sites (tertiary alicyclic amines) is 1. The number of aliphatic hydroxyl groups excluding tert-OH is 1. The van der Waals surface area contributed by atoms with Gasteiger partial charge in [0.05, 0.1) is 6.61 Å². The number of hydrogen-bond donors (Lipinski definition) is 7. The molecule has 194 valence electrons. The van der Waals surface area contributed by atoms with Gasteiger partial charge < -0.3 is 42.3 Å². The molecule has 1 aromatic carbocycles. The lowest BCUT2D eigenvalue weighted by Gasteiger charge is -2.30. The fourth-order valence-electron chi connectivity index (χ4n) is 3.95. The first-order valence-corrected chi connectivity index (χ1v) is 11.7. The summed E-state index contributed by atoms with van der Waals surface area (Å²) in [5.74, 6) is -2.94. The predicted octanol–water partition coefficient (Wildman–Crippen LogP) is -1.57. The minimum atomic E-state index is -1.23. The van der Waals surface area contributed by atoms with Crippen LogP contribution in [0.3, 0.4) is 0 Å². The summed E-state index contributed by atoms with van der Waals surface area (Å²) in [4.78, 5) is 51.7. The molecule has 3 amide bonds. The Balaban J connectivity index is 2.11. The molecular formula is C23H35N5O7. The van der Waals surface area contributed by atoms with Crippen LogP contribution in [0, 0.1) is 0 Å². The lowest BCUT2D eigenvalue weighted by Crippen LogP contribution is -2.57. The maximum atomic E-state index is 13.3. The van der Waals surface area contributed by atoms with Crippen LogP contribution in [0.4, 0.5) is 0 Å². The Morgan fingerprint density at radius 2 is 1.77 bits per heavy atom. The lowest BCUT2D eigenvalue weighted by atomic mass is 10.0.